The summed E-state index contributed by atoms with van der Waals surface area (Å²) < 4.78 is 2.41. The van der Waals surface area contributed by atoms with Crippen molar-refractivity contribution in [1.82, 2.24) is 0 Å². The van der Waals surface area contributed by atoms with Gasteiger partial charge in [0.25, 0.3) is 0 Å². The first-order valence-electron chi connectivity index (χ1n) is 13.8. The Hall–Kier alpha value is -4.21. The van der Waals surface area contributed by atoms with Gasteiger partial charge >= 0.3 is 250 Å². The molecule has 2 nitrogen and oxygen atoms in total. The van der Waals surface area contributed by atoms with Crippen LogP contribution in [0.25, 0.3) is 29.7 Å². The minimum absolute atomic E-state index is 0.135. The van der Waals surface area contributed by atoms with Crippen LogP contribution in [0.3, 0.4) is 0 Å². The number of fused-ring (bicyclic) bond motifs is 4. The van der Waals surface area contributed by atoms with Gasteiger partial charge in [-0.1, -0.05) is 0 Å². The molecule has 0 unspecified atom stereocenters. The fraction of sp³-hybridized carbons (Fsp3) is 0.0541. The van der Waals surface area contributed by atoms with Crippen LogP contribution in [0.4, 0.5) is 17.1 Å². The number of nitrogens with zero attached hydrogens (tertiary/aromatic N) is 1. The number of hydrogen-bond acceptors (Lipinski definition) is 3. The van der Waals surface area contributed by atoms with E-state index in [1.54, 1.807) is 11.3 Å². The zero-order chi connectivity index (χ0) is 27.3. The number of hydrogen-bond donors (Lipinski definition) is 0. The van der Waals surface area contributed by atoms with Crippen molar-refractivity contribution in [2.75, 3.05) is 4.90 Å². The van der Waals surface area contributed by atoms with Crippen LogP contribution in [0.2, 0.25) is 0 Å². The van der Waals surface area contributed by atoms with Gasteiger partial charge in [-0.25, -0.2) is 0 Å². The summed E-state index contributed by atoms with van der Waals surface area (Å²) >= 11 is 1.92. The molecule has 196 valence electrons. The van der Waals surface area contributed by atoms with E-state index in [1.165, 1.54) is 46.9 Å². The molecule has 0 N–H and O–H groups in total. The fourth-order valence-electron chi connectivity index (χ4n) is 6.10. The maximum absolute atomic E-state index is 13.6. The van der Waals surface area contributed by atoms with E-state index in [-0.39, 0.29) is 19.9 Å². The van der Waals surface area contributed by atoms with Gasteiger partial charge < -0.3 is 0 Å². The summed E-state index contributed by atoms with van der Waals surface area (Å²) in [5.41, 5.74) is 10.2. The van der Waals surface area contributed by atoms with Crippen molar-refractivity contribution in [2.24, 2.45) is 0 Å². The van der Waals surface area contributed by atoms with Gasteiger partial charge in [0.05, 0.1) is 0 Å². The summed E-state index contributed by atoms with van der Waals surface area (Å²) in [7, 11) is 0. The van der Waals surface area contributed by atoms with Gasteiger partial charge in [-0.05, 0) is 0 Å². The average Bonchev–Trinajstić information content (AvgIpc) is 3.56. The second kappa shape index (κ2) is 10.0. The molecule has 0 atom stereocenters. The number of anilines is 3. The Kier molecular flexibility index (Phi) is 6.00. The van der Waals surface area contributed by atoms with Crippen LogP contribution in [-0.4, -0.2) is 14.5 Å². The Morgan fingerprint density at radius 1 is 0.610 bits per heavy atom. The van der Waals surface area contributed by atoms with Crippen LogP contribution in [0, 0.1) is 0 Å². The molecule has 2 aromatic heterocycles. The normalized spacial score (nSPS) is 12.3. The van der Waals surface area contributed by atoms with E-state index < -0.39 is 0 Å². The van der Waals surface area contributed by atoms with Crippen molar-refractivity contribution in [1.29, 1.82) is 0 Å². The van der Waals surface area contributed by atoms with E-state index in [0.717, 1.165) is 35.0 Å². The van der Waals surface area contributed by atoms with Gasteiger partial charge in [-0.15, -0.1) is 0 Å². The molecule has 0 saturated heterocycles. The second-order valence-electron chi connectivity index (χ2n) is 10.5. The molecular formula is C37H25NOSSe. The molecule has 0 bridgehead atoms. The molecule has 0 amide bonds. The number of rotatable bonds is 4. The van der Waals surface area contributed by atoms with Crippen molar-refractivity contribution in [2.45, 2.75) is 12.8 Å². The van der Waals surface area contributed by atoms with Gasteiger partial charge in [0.15, 0.2) is 0 Å². The summed E-state index contributed by atoms with van der Waals surface area (Å²) in [5, 5.41) is 3.92. The Labute approximate surface area is 248 Å². The quantitative estimate of drug-likeness (QED) is 0.146. The number of thiophene rings is 1. The molecule has 7 aromatic rings. The standard InChI is InChI=1S/C37H25NOSSe/c39-37-30-14-7-8-16-35(30)41-36-23-24-18-26-19-27(34-15-9-17-40-34)22-33(31(26)20-25(24)21-32(36)37)38(28-10-3-1-4-11-28)29-12-5-2-6-13-29/h1-17,19,21-23H,18,20H2. The molecule has 0 saturated carbocycles. The first kappa shape index (κ1) is 24.6. The molecule has 4 heteroatoms. The molecular weight excluding hydrogens is 585 g/mol. The summed E-state index contributed by atoms with van der Waals surface area (Å²) in [6, 6.07) is 43.1. The van der Waals surface area contributed by atoms with Crippen LogP contribution in [-0.2, 0) is 12.8 Å². The van der Waals surface area contributed by atoms with Crippen LogP contribution in [0.5, 0.6) is 0 Å². The van der Waals surface area contributed by atoms with E-state index in [2.05, 4.69) is 113 Å². The van der Waals surface area contributed by atoms with Crippen LogP contribution >= 0.6 is 11.3 Å². The number of para-hydroxylation sites is 2. The molecule has 5 aromatic carbocycles. The van der Waals surface area contributed by atoms with E-state index in [4.69, 9.17) is 0 Å². The van der Waals surface area contributed by atoms with Crippen LogP contribution in [0.1, 0.15) is 22.3 Å². The number of benzene rings is 5. The third-order valence-electron chi connectivity index (χ3n) is 8.04. The first-order valence-corrected chi connectivity index (χ1v) is 16.4. The van der Waals surface area contributed by atoms with Gasteiger partial charge in [0, 0.05) is 0 Å². The zero-order valence-corrected chi connectivity index (χ0v) is 24.7. The molecule has 1 aliphatic carbocycles. The van der Waals surface area contributed by atoms with Crippen molar-refractivity contribution in [3.05, 3.63) is 159 Å². The Morgan fingerprint density at radius 2 is 1.32 bits per heavy atom. The predicted octanol–water partition coefficient (Wildman–Crippen LogP) is 9.10. The Morgan fingerprint density at radius 3 is 2.05 bits per heavy atom. The summed E-state index contributed by atoms with van der Waals surface area (Å²) in [6.07, 6.45) is 1.67. The molecule has 0 aliphatic heterocycles. The van der Waals surface area contributed by atoms with E-state index in [1.807, 2.05) is 18.2 Å². The third-order valence-corrected chi connectivity index (χ3v) is 11.3. The van der Waals surface area contributed by atoms with Gasteiger partial charge in [0.1, 0.15) is 0 Å². The Balaban J connectivity index is 1.36. The van der Waals surface area contributed by atoms with Crippen LogP contribution in [0.15, 0.2) is 132 Å². The molecule has 41 heavy (non-hydrogen) atoms. The van der Waals surface area contributed by atoms with Gasteiger partial charge in [0.2, 0.25) is 0 Å². The van der Waals surface area contributed by atoms with Crippen molar-refractivity contribution in [3.8, 4) is 10.4 Å². The summed E-state index contributed by atoms with van der Waals surface area (Å²) in [5.74, 6) is 0. The molecule has 2 heterocycles. The topological polar surface area (TPSA) is 20.3 Å². The average molecular weight is 611 g/mol. The van der Waals surface area contributed by atoms with Gasteiger partial charge in [-0.2, -0.15) is 0 Å². The maximum atomic E-state index is 13.6. The zero-order valence-electron chi connectivity index (χ0n) is 22.2. The SMILES string of the molecule is O=c1c2ccccc2[se]c2cc3c(cc12)Cc1c(cc(-c2cccs2)cc1N(c1ccccc1)c1ccccc1)C3. The van der Waals surface area contributed by atoms with Crippen LogP contribution < -0.4 is 10.3 Å². The van der Waals surface area contributed by atoms with Crippen molar-refractivity contribution in [3.63, 3.8) is 0 Å². The summed E-state index contributed by atoms with van der Waals surface area (Å²) in [4.78, 5) is 17.2. The predicted molar refractivity (Wildman–Crippen MR) is 175 cm³/mol. The molecule has 1 aliphatic rings. The van der Waals surface area contributed by atoms with E-state index in [0.29, 0.717) is 0 Å². The minimum atomic E-state index is 0.135. The van der Waals surface area contributed by atoms with Crippen molar-refractivity contribution >= 4 is 62.2 Å². The Bertz CT molecular complexity index is 2080. The molecule has 0 fully saturated rings. The van der Waals surface area contributed by atoms with Gasteiger partial charge in [-0.3, -0.25) is 0 Å². The van der Waals surface area contributed by atoms with E-state index in [9.17, 15) is 4.79 Å². The first-order chi connectivity index (χ1) is 20.2. The second-order valence-corrected chi connectivity index (χ2v) is 13.7. The molecule has 8 rings (SSSR count). The molecule has 0 spiro atoms. The molecule has 0 radical (unpaired) electrons. The van der Waals surface area contributed by atoms with E-state index >= 15 is 0 Å². The van der Waals surface area contributed by atoms with Crippen molar-refractivity contribution < 1.29 is 0 Å². The fourth-order valence-corrected chi connectivity index (χ4v) is 9.16. The monoisotopic (exact) mass is 611 g/mol. The third kappa shape index (κ3) is 4.27. The summed E-state index contributed by atoms with van der Waals surface area (Å²) in [6.45, 7) is 0.